The summed E-state index contributed by atoms with van der Waals surface area (Å²) in [5.74, 6) is -3.08. The van der Waals surface area contributed by atoms with Crippen molar-refractivity contribution in [3.8, 4) is 0 Å². The van der Waals surface area contributed by atoms with E-state index in [1.807, 2.05) is 0 Å². The second kappa shape index (κ2) is 14.7. The molecule has 2 N–H and O–H groups in total. The zero-order chi connectivity index (χ0) is 22.3. The Hall–Kier alpha value is -3.42. The molecule has 1 aromatic carbocycles. The normalized spacial score (nSPS) is 8.71. The van der Waals surface area contributed by atoms with Crippen molar-refractivity contribution >= 4 is 23.9 Å². The molecule has 0 saturated heterocycles. The van der Waals surface area contributed by atoms with E-state index >= 15 is 0 Å². The summed E-state index contributed by atoms with van der Waals surface area (Å²) in [6.07, 6.45) is 0. The van der Waals surface area contributed by atoms with E-state index in [1.54, 1.807) is 27.7 Å². The maximum absolute atomic E-state index is 10.5. The van der Waals surface area contributed by atoms with Crippen LogP contribution in [0.3, 0.4) is 0 Å². The Balaban J connectivity index is 0. The Morgan fingerprint density at radius 2 is 1.07 bits per heavy atom. The standard InChI is InChI=1S/C8H6O4.2C6H10O2/c9-7(10)5-3-1-2-4-6(5)8(11)12;2*1-4-8-6(7)5(2)3/h1-4H,(H,9,10)(H,11,12);2*2,4H2,1,3H3. The van der Waals surface area contributed by atoms with Gasteiger partial charge < -0.3 is 19.7 Å². The Bertz CT molecular complexity index is 658. The van der Waals surface area contributed by atoms with Crippen LogP contribution in [-0.2, 0) is 19.1 Å². The van der Waals surface area contributed by atoms with Gasteiger partial charge in [0.15, 0.2) is 0 Å². The van der Waals surface area contributed by atoms with E-state index in [4.69, 9.17) is 10.2 Å². The quantitative estimate of drug-likeness (QED) is 0.555. The second-order valence-electron chi connectivity index (χ2n) is 5.16. The molecule has 0 saturated carbocycles. The lowest BCUT2D eigenvalue weighted by Crippen LogP contribution is -2.06. The number of hydrogen-bond donors (Lipinski definition) is 2. The molecule has 0 aliphatic heterocycles. The predicted octanol–water partition coefficient (Wildman–Crippen LogP) is 3.33. The molecule has 1 rings (SSSR count). The van der Waals surface area contributed by atoms with Crippen LogP contribution in [-0.4, -0.2) is 47.3 Å². The Morgan fingerprint density at radius 3 is 1.21 bits per heavy atom. The van der Waals surface area contributed by atoms with E-state index in [-0.39, 0.29) is 23.1 Å². The number of aromatic carboxylic acids is 2. The van der Waals surface area contributed by atoms with Gasteiger partial charge in [0.05, 0.1) is 24.3 Å². The molecule has 0 aliphatic rings. The highest BCUT2D eigenvalue weighted by Gasteiger charge is 2.13. The third kappa shape index (κ3) is 12.0. The molecular formula is C20H26O8. The van der Waals surface area contributed by atoms with Crippen LogP contribution in [0.4, 0.5) is 0 Å². The van der Waals surface area contributed by atoms with Crippen molar-refractivity contribution in [1.29, 1.82) is 0 Å². The number of esters is 2. The summed E-state index contributed by atoms with van der Waals surface area (Å²) >= 11 is 0. The maximum Gasteiger partial charge on any atom is 0.336 e. The van der Waals surface area contributed by atoms with Crippen LogP contribution in [0.1, 0.15) is 48.4 Å². The fourth-order valence-corrected chi connectivity index (χ4v) is 1.36. The van der Waals surface area contributed by atoms with Gasteiger partial charge in [-0.15, -0.1) is 0 Å². The number of carboxylic acid groups (broad SMARTS) is 2. The number of carbonyl (C=O) groups excluding carboxylic acids is 2. The molecule has 0 amide bonds. The average Bonchev–Trinajstić information content (AvgIpc) is 2.63. The third-order valence-electron chi connectivity index (χ3n) is 2.64. The fraction of sp³-hybridized carbons (Fsp3) is 0.300. The predicted molar refractivity (Wildman–Crippen MR) is 103 cm³/mol. The van der Waals surface area contributed by atoms with E-state index < -0.39 is 11.9 Å². The molecule has 1 aromatic rings. The van der Waals surface area contributed by atoms with Gasteiger partial charge in [-0.05, 0) is 39.8 Å². The molecule has 28 heavy (non-hydrogen) atoms. The van der Waals surface area contributed by atoms with Crippen LogP contribution < -0.4 is 0 Å². The van der Waals surface area contributed by atoms with Gasteiger partial charge in [0, 0.05) is 11.1 Å². The molecule has 0 fully saturated rings. The van der Waals surface area contributed by atoms with Crippen LogP contribution >= 0.6 is 0 Å². The van der Waals surface area contributed by atoms with Gasteiger partial charge in [0.2, 0.25) is 0 Å². The minimum Gasteiger partial charge on any atom is -0.478 e. The molecule has 154 valence electrons. The van der Waals surface area contributed by atoms with Gasteiger partial charge in [0.25, 0.3) is 0 Å². The summed E-state index contributed by atoms with van der Waals surface area (Å²) in [4.78, 5) is 41.8. The largest absolute Gasteiger partial charge is 0.478 e. The van der Waals surface area contributed by atoms with E-state index in [0.717, 1.165) is 0 Å². The lowest BCUT2D eigenvalue weighted by Gasteiger charge is -1.98. The number of rotatable bonds is 6. The van der Waals surface area contributed by atoms with Crippen molar-refractivity contribution in [3.63, 3.8) is 0 Å². The summed E-state index contributed by atoms with van der Waals surface area (Å²) in [6.45, 7) is 14.4. The monoisotopic (exact) mass is 394 g/mol. The highest BCUT2D eigenvalue weighted by molar-refractivity contribution is 6.01. The Labute approximate surface area is 164 Å². The molecule has 0 atom stereocenters. The van der Waals surface area contributed by atoms with Gasteiger partial charge in [-0.3, -0.25) is 0 Å². The van der Waals surface area contributed by atoms with Crippen LogP contribution in [0.2, 0.25) is 0 Å². The number of hydrogen-bond acceptors (Lipinski definition) is 6. The summed E-state index contributed by atoms with van der Waals surface area (Å²) in [7, 11) is 0. The maximum atomic E-state index is 10.5. The van der Waals surface area contributed by atoms with Crippen LogP contribution in [0.15, 0.2) is 48.6 Å². The lowest BCUT2D eigenvalue weighted by molar-refractivity contribution is -0.139. The van der Waals surface area contributed by atoms with Crippen LogP contribution in [0.25, 0.3) is 0 Å². The van der Waals surface area contributed by atoms with Crippen molar-refractivity contribution < 1.29 is 38.9 Å². The van der Waals surface area contributed by atoms with Gasteiger partial charge in [-0.2, -0.15) is 0 Å². The first-order chi connectivity index (χ1) is 13.0. The Morgan fingerprint density at radius 1 is 0.786 bits per heavy atom. The van der Waals surface area contributed by atoms with E-state index in [9.17, 15) is 19.2 Å². The fourth-order valence-electron chi connectivity index (χ4n) is 1.36. The first-order valence-electron chi connectivity index (χ1n) is 8.20. The molecule has 0 aliphatic carbocycles. The number of carbonyl (C=O) groups is 4. The second-order valence-corrected chi connectivity index (χ2v) is 5.16. The van der Waals surface area contributed by atoms with Crippen molar-refractivity contribution in [2.75, 3.05) is 13.2 Å². The van der Waals surface area contributed by atoms with Crippen molar-refractivity contribution in [1.82, 2.24) is 0 Å². The van der Waals surface area contributed by atoms with Gasteiger partial charge in [-0.25, -0.2) is 19.2 Å². The average molecular weight is 394 g/mol. The zero-order valence-electron chi connectivity index (χ0n) is 16.5. The number of ether oxygens (including phenoxy) is 2. The smallest absolute Gasteiger partial charge is 0.336 e. The van der Waals surface area contributed by atoms with Crippen molar-refractivity contribution in [2.24, 2.45) is 0 Å². The molecule has 0 bridgehead atoms. The summed E-state index contributed by atoms with van der Waals surface area (Å²) in [5, 5.41) is 17.1. The van der Waals surface area contributed by atoms with Crippen LogP contribution in [0.5, 0.6) is 0 Å². The summed E-state index contributed by atoms with van der Waals surface area (Å²) in [5.41, 5.74) is 0.522. The molecule has 0 radical (unpaired) electrons. The van der Waals surface area contributed by atoms with Gasteiger partial charge in [-0.1, -0.05) is 25.3 Å². The first-order valence-corrected chi connectivity index (χ1v) is 8.20. The molecule has 8 heteroatoms. The molecular weight excluding hydrogens is 368 g/mol. The summed E-state index contributed by atoms with van der Waals surface area (Å²) < 4.78 is 9.13. The minimum atomic E-state index is -1.23. The Kier molecular flexibility index (Phi) is 14.1. The SMILES string of the molecule is C=C(C)C(=O)OCC.C=C(C)C(=O)OCC.O=C(O)c1ccccc1C(=O)O. The van der Waals surface area contributed by atoms with Crippen molar-refractivity contribution in [2.45, 2.75) is 27.7 Å². The highest BCUT2D eigenvalue weighted by Crippen LogP contribution is 2.07. The summed E-state index contributed by atoms with van der Waals surface area (Å²) in [6, 6.07) is 5.48. The van der Waals surface area contributed by atoms with Gasteiger partial charge >= 0.3 is 23.9 Å². The molecule has 0 spiro atoms. The lowest BCUT2D eigenvalue weighted by atomic mass is 10.1. The van der Waals surface area contributed by atoms with E-state index in [1.165, 1.54) is 24.3 Å². The van der Waals surface area contributed by atoms with E-state index in [2.05, 4.69) is 22.6 Å². The highest BCUT2D eigenvalue weighted by atomic mass is 16.5. The van der Waals surface area contributed by atoms with Crippen molar-refractivity contribution in [3.05, 3.63) is 59.7 Å². The first kappa shape index (κ1) is 26.8. The van der Waals surface area contributed by atoms with Crippen LogP contribution in [0, 0.1) is 0 Å². The molecule has 8 nitrogen and oxygen atoms in total. The zero-order valence-corrected chi connectivity index (χ0v) is 16.5. The number of carboxylic acids is 2. The topological polar surface area (TPSA) is 127 Å². The molecule has 0 aromatic heterocycles. The third-order valence-corrected chi connectivity index (χ3v) is 2.64. The number of benzene rings is 1. The molecule has 0 heterocycles. The van der Waals surface area contributed by atoms with Gasteiger partial charge in [0.1, 0.15) is 0 Å². The van der Waals surface area contributed by atoms with E-state index in [0.29, 0.717) is 24.4 Å². The molecule has 0 unspecified atom stereocenters. The minimum absolute atomic E-state index is 0.190.